The van der Waals surface area contributed by atoms with Crippen molar-refractivity contribution in [3.05, 3.63) is 48.2 Å². The number of aromatic nitrogens is 4. The van der Waals surface area contributed by atoms with Crippen LogP contribution in [-0.2, 0) is 6.42 Å². The maximum Gasteiger partial charge on any atom is 0.254 e. The summed E-state index contributed by atoms with van der Waals surface area (Å²) in [6.07, 6.45) is 3.35. The van der Waals surface area contributed by atoms with Crippen LogP contribution in [0.3, 0.4) is 0 Å². The summed E-state index contributed by atoms with van der Waals surface area (Å²) in [5, 5.41) is 7.35. The second-order valence-corrected chi connectivity index (χ2v) is 4.49. The number of anilines is 2. The highest BCUT2D eigenvalue weighted by molar-refractivity contribution is 5.58. The molecule has 0 aliphatic carbocycles. The van der Waals surface area contributed by atoms with Gasteiger partial charge in [-0.15, -0.1) is 0 Å². The van der Waals surface area contributed by atoms with E-state index in [9.17, 15) is 4.39 Å². The van der Waals surface area contributed by atoms with E-state index in [1.807, 2.05) is 6.07 Å². The normalized spacial score (nSPS) is 10.9. The summed E-state index contributed by atoms with van der Waals surface area (Å²) in [6, 6.07) is 8.12. The Balaban J connectivity index is 2.00. The minimum atomic E-state index is -0.261. The molecule has 0 unspecified atom stereocenters. The number of hydrogen-bond donors (Lipinski definition) is 1. The minimum absolute atomic E-state index is 0.261. The van der Waals surface area contributed by atoms with Crippen molar-refractivity contribution in [1.82, 2.24) is 19.6 Å². The summed E-state index contributed by atoms with van der Waals surface area (Å²) in [5.74, 6) is 1.06. The fourth-order valence-electron chi connectivity index (χ4n) is 2.02. The second-order valence-electron chi connectivity index (χ2n) is 4.49. The molecule has 0 bridgehead atoms. The molecule has 0 aliphatic heterocycles. The van der Waals surface area contributed by atoms with Crippen LogP contribution in [0.15, 0.2) is 36.7 Å². The lowest BCUT2D eigenvalue weighted by Crippen LogP contribution is -2.04. The van der Waals surface area contributed by atoms with Gasteiger partial charge in [0.25, 0.3) is 5.78 Å². The van der Waals surface area contributed by atoms with E-state index in [4.69, 9.17) is 0 Å². The smallest absolute Gasteiger partial charge is 0.254 e. The van der Waals surface area contributed by atoms with Crippen molar-refractivity contribution < 1.29 is 4.39 Å². The number of nitrogens with zero attached hydrogens (tertiary/aromatic N) is 4. The molecule has 2 aromatic heterocycles. The lowest BCUT2D eigenvalue weighted by molar-refractivity contribution is 0.628. The Bertz CT molecular complexity index is 720. The van der Waals surface area contributed by atoms with Crippen LogP contribution in [-0.4, -0.2) is 19.6 Å². The van der Waals surface area contributed by atoms with Crippen LogP contribution >= 0.6 is 0 Å². The van der Waals surface area contributed by atoms with E-state index in [-0.39, 0.29) is 5.82 Å². The Kier molecular flexibility index (Phi) is 3.28. The molecule has 0 atom stereocenters. The van der Waals surface area contributed by atoms with Crippen LogP contribution in [0.25, 0.3) is 5.78 Å². The summed E-state index contributed by atoms with van der Waals surface area (Å²) in [6.45, 7) is 2.10. The predicted molar refractivity (Wildman–Crippen MR) is 74.5 cm³/mol. The lowest BCUT2D eigenvalue weighted by Gasteiger charge is -2.09. The van der Waals surface area contributed by atoms with Gasteiger partial charge in [0, 0.05) is 17.4 Å². The van der Waals surface area contributed by atoms with Crippen molar-refractivity contribution in [2.24, 2.45) is 0 Å². The molecular formula is C14H14FN5. The highest BCUT2D eigenvalue weighted by Crippen LogP contribution is 2.18. The van der Waals surface area contributed by atoms with E-state index in [0.717, 1.165) is 30.0 Å². The van der Waals surface area contributed by atoms with Gasteiger partial charge in [0.1, 0.15) is 18.0 Å². The zero-order chi connectivity index (χ0) is 13.9. The minimum Gasteiger partial charge on any atom is -0.340 e. The van der Waals surface area contributed by atoms with Crippen molar-refractivity contribution in [1.29, 1.82) is 0 Å². The molecule has 0 fully saturated rings. The first-order valence-corrected chi connectivity index (χ1v) is 6.48. The number of nitrogens with one attached hydrogen (secondary N) is 1. The summed E-state index contributed by atoms with van der Waals surface area (Å²) in [7, 11) is 0. The number of fused-ring (bicyclic) bond motifs is 1. The highest BCUT2D eigenvalue weighted by atomic mass is 19.1. The summed E-state index contributed by atoms with van der Waals surface area (Å²) < 4.78 is 14.6. The summed E-state index contributed by atoms with van der Waals surface area (Å²) in [5.41, 5.74) is 1.74. The topological polar surface area (TPSA) is 55.1 Å². The Morgan fingerprint density at radius 1 is 1.25 bits per heavy atom. The van der Waals surface area contributed by atoms with Gasteiger partial charge in [-0.2, -0.15) is 14.6 Å². The number of hydrogen-bond acceptors (Lipinski definition) is 4. The molecule has 0 radical (unpaired) electrons. The molecule has 20 heavy (non-hydrogen) atoms. The van der Waals surface area contributed by atoms with E-state index in [0.29, 0.717) is 5.78 Å². The fourth-order valence-corrected chi connectivity index (χ4v) is 2.02. The molecule has 102 valence electrons. The van der Waals surface area contributed by atoms with Gasteiger partial charge in [0.05, 0.1) is 0 Å². The Hall–Kier alpha value is -2.50. The molecule has 3 rings (SSSR count). The molecule has 3 aromatic rings. The van der Waals surface area contributed by atoms with Gasteiger partial charge in [-0.05, 0) is 30.7 Å². The quantitative estimate of drug-likeness (QED) is 0.792. The molecule has 2 heterocycles. The molecule has 0 amide bonds. The number of benzene rings is 1. The monoisotopic (exact) mass is 271 g/mol. The third kappa shape index (κ3) is 2.45. The van der Waals surface area contributed by atoms with Gasteiger partial charge in [0.15, 0.2) is 0 Å². The first-order valence-electron chi connectivity index (χ1n) is 6.48. The SMILES string of the molecule is CCCc1cc(Nc2ccc(F)cc2)n2ncnc2n1. The van der Waals surface area contributed by atoms with Crippen molar-refractivity contribution in [3.63, 3.8) is 0 Å². The van der Waals surface area contributed by atoms with E-state index >= 15 is 0 Å². The third-order valence-corrected chi connectivity index (χ3v) is 2.93. The molecule has 0 aliphatic rings. The standard InChI is InChI=1S/C14H14FN5/c1-2-3-12-8-13(20-14(19-12)16-9-17-20)18-11-6-4-10(15)5-7-11/h4-9,18H,2-3H2,1H3. The van der Waals surface area contributed by atoms with Gasteiger partial charge in [-0.25, -0.2) is 9.37 Å². The third-order valence-electron chi connectivity index (χ3n) is 2.93. The van der Waals surface area contributed by atoms with Crippen molar-refractivity contribution in [3.8, 4) is 0 Å². The fraction of sp³-hybridized carbons (Fsp3) is 0.214. The van der Waals surface area contributed by atoms with E-state index in [2.05, 4.69) is 27.3 Å². The number of rotatable bonds is 4. The molecule has 0 spiro atoms. The maximum absolute atomic E-state index is 12.9. The van der Waals surface area contributed by atoms with Crippen molar-refractivity contribution in [2.75, 3.05) is 5.32 Å². The Morgan fingerprint density at radius 2 is 2.05 bits per heavy atom. The first kappa shape index (κ1) is 12.5. The molecule has 5 nitrogen and oxygen atoms in total. The molecule has 0 saturated heterocycles. The first-order chi connectivity index (χ1) is 9.76. The van der Waals surface area contributed by atoms with Gasteiger partial charge in [-0.1, -0.05) is 13.3 Å². The largest absolute Gasteiger partial charge is 0.340 e. The van der Waals surface area contributed by atoms with Gasteiger partial charge < -0.3 is 5.32 Å². The molecule has 1 aromatic carbocycles. The molecule has 0 saturated carbocycles. The molecular weight excluding hydrogens is 257 g/mol. The van der Waals surface area contributed by atoms with E-state index < -0.39 is 0 Å². The van der Waals surface area contributed by atoms with Crippen LogP contribution in [0, 0.1) is 5.82 Å². The molecule has 1 N–H and O–H groups in total. The van der Waals surface area contributed by atoms with Crippen LogP contribution in [0.5, 0.6) is 0 Å². The second kappa shape index (κ2) is 5.24. The zero-order valence-electron chi connectivity index (χ0n) is 11.0. The Labute approximate surface area is 115 Å². The van der Waals surface area contributed by atoms with E-state index in [1.54, 1.807) is 16.6 Å². The van der Waals surface area contributed by atoms with Crippen molar-refractivity contribution in [2.45, 2.75) is 19.8 Å². The van der Waals surface area contributed by atoms with Crippen LogP contribution < -0.4 is 5.32 Å². The van der Waals surface area contributed by atoms with Crippen LogP contribution in [0.1, 0.15) is 19.0 Å². The molecule has 6 heteroatoms. The van der Waals surface area contributed by atoms with Crippen LogP contribution in [0.4, 0.5) is 15.9 Å². The van der Waals surface area contributed by atoms with Crippen molar-refractivity contribution >= 4 is 17.3 Å². The Morgan fingerprint density at radius 3 is 2.80 bits per heavy atom. The maximum atomic E-state index is 12.9. The number of halogens is 1. The van der Waals surface area contributed by atoms with Gasteiger partial charge in [-0.3, -0.25) is 0 Å². The lowest BCUT2D eigenvalue weighted by atomic mass is 10.2. The number of aryl methyl sites for hydroxylation is 1. The van der Waals surface area contributed by atoms with E-state index in [1.165, 1.54) is 18.5 Å². The highest BCUT2D eigenvalue weighted by Gasteiger charge is 2.07. The van der Waals surface area contributed by atoms with Gasteiger partial charge in [0.2, 0.25) is 0 Å². The van der Waals surface area contributed by atoms with Gasteiger partial charge >= 0.3 is 0 Å². The summed E-state index contributed by atoms with van der Waals surface area (Å²) in [4.78, 5) is 8.55. The summed E-state index contributed by atoms with van der Waals surface area (Å²) >= 11 is 0. The average Bonchev–Trinajstić information content (AvgIpc) is 2.90. The van der Waals surface area contributed by atoms with Crippen LogP contribution in [0.2, 0.25) is 0 Å². The zero-order valence-corrected chi connectivity index (χ0v) is 11.0. The predicted octanol–water partition coefficient (Wildman–Crippen LogP) is 2.96. The average molecular weight is 271 g/mol.